The van der Waals surface area contributed by atoms with Crippen LogP contribution in [0.3, 0.4) is 0 Å². The zero-order valence-corrected chi connectivity index (χ0v) is 16.9. The first kappa shape index (κ1) is 17.2. The molecule has 0 aliphatic heterocycles. The van der Waals surface area contributed by atoms with Gasteiger partial charge in [-0.05, 0) is 56.1 Å². The van der Waals surface area contributed by atoms with Crippen LogP contribution in [0, 0.1) is 0 Å². The van der Waals surface area contributed by atoms with Crippen molar-refractivity contribution in [2.45, 2.75) is 0 Å². The summed E-state index contributed by atoms with van der Waals surface area (Å²) in [7, 11) is 6.51. The highest BCUT2D eigenvalue weighted by atomic mass is 79.9. The predicted molar refractivity (Wildman–Crippen MR) is 103 cm³/mol. The van der Waals surface area contributed by atoms with Crippen molar-refractivity contribution >= 4 is 53.4 Å². The number of hydrogen-bond donors (Lipinski definition) is 0. The highest BCUT2D eigenvalue weighted by Crippen LogP contribution is 2.46. The molecule has 3 aromatic carbocycles. The first-order valence-corrected chi connectivity index (χ1v) is 8.72. The van der Waals surface area contributed by atoms with Gasteiger partial charge in [-0.1, -0.05) is 0 Å². The molecule has 0 saturated carbocycles. The maximum atomic E-state index is 5.43. The fourth-order valence-corrected chi connectivity index (χ4v) is 4.09. The van der Waals surface area contributed by atoms with Gasteiger partial charge in [0.05, 0.1) is 28.4 Å². The largest absolute Gasteiger partial charge is 0.493 e. The van der Waals surface area contributed by atoms with E-state index in [2.05, 4.69) is 31.9 Å². The molecular formula is C18H16Br2O4. The summed E-state index contributed by atoms with van der Waals surface area (Å²) < 4.78 is 23.6. The lowest BCUT2D eigenvalue weighted by atomic mass is 10.0. The molecule has 0 bridgehead atoms. The molecule has 0 amide bonds. The van der Waals surface area contributed by atoms with Crippen LogP contribution >= 0.6 is 31.9 Å². The van der Waals surface area contributed by atoms with Gasteiger partial charge in [-0.15, -0.1) is 0 Å². The lowest BCUT2D eigenvalue weighted by Crippen LogP contribution is -1.94. The second kappa shape index (κ2) is 6.69. The molecule has 0 aliphatic carbocycles. The van der Waals surface area contributed by atoms with Gasteiger partial charge < -0.3 is 18.9 Å². The summed E-state index contributed by atoms with van der Waals surface area (Å²) in [5.74, 6) is 2.71. The molecule has 0 atom stereocenters. The molecule has 0 fully saturated rings. The summed E-state index contributed by atoms with van der Waals surface area (Å²) in [5.41, 5.74) is 0. The van der Waals surface area contributed by atoms with Crippen LogP contribution in [0.15, 0.2) is 33.2 Å². The zero-order valence-electron chi connectivity index (χ0n) is 13.7. The predicted octanol–water partition coefficient (Wildman–Crippen LogP) is 5.55. The summed E-state index contributed by atoms with van der Waals surface area (Å²) in [6.45, 7) is 0. The lowest BCUT2D eigenvalue weighted by Gasteiger charge is -2.16. The maximum absolute atomic E-state index is 5.43. The molecular weight excluding hydrogens is 440 g/mol. The van der Waals surface area contributed by atoms with Crippen LogP contribution in [0.1, 0.15) is 0 Å². The fraction of sp³-hybridized carbons (Fsp3) is 0.222. The van der Waals surface area contributed by atoms with Crippen molar-refractivity contribution in [2.24, 2.45) is 0 Å². The Hall–Kier alpha value is -1.66. The Labute approximate surface area is 156 Å². The van der Waals surface area contributed by atoms with E-state index in [4.69, 9.17) is 18.9 Å². The number of ether oxygens (including phenoxy) is 4. The molecule has 0 heterocycles. The molecule has 0 saturated heterocycles. The minimum absolute atomic E-state index is 0.678. The summed E-state index contributed by atoms with van der Waals surface area (Å²) >= 11 is 7.45. The average molecular weight is 456 g/mol. The molecule has 0 aliphatic rings. The van der Waals surface area contributed by atoms with Crippen molar-refractivity contribution in [1.29, 1.82) is 0 Å². The van der Waals surface area contributed by atoms with Gasteiger partial charge in [0, 0.05) is 30.5 Å². The Morgan fingerprint density at radius 1 is 0.500 bits per heavy atom. The third-order valence-corrected chi connectivity index (χ3v) is 5.70. The minimum Gasteiger partial charge on any atom is -0.493 e. The van der Waals surface area contributed by atoms with Gasteiger partial charge in [0.25, 0.3) is 0 Å². The molecule has 126 valence electrons. The van der Waals surface area contributed by atoms with E-state index in [9.17, 15) is 0 Å². The second-order valence-electron chi connectivity index (χ2n) is 5.13. The van der Waals surface area contributed by atoms with Crippen molar-refractivity contribution in [3.63, 3.8) is 0 Å². The highest BCUT2D eigenvalue weighted by Gasteiger charge is 2.17. The van der Waals surface area contributed by atoms with Crippen molar-refractivity contribution in [3.8, 4) is 23.0 Å². The summed E-state index contributed by atoms with van der Waals surface area (Å²) in [6.07, 6.45) is 0. The Morgan fingerprint density at radius 3 is 0.875 bits per heavy atom. The van der Waals surface area contributed by atoms with Crippen molar-refractivity contribution in [3.05, 3.63) is 33.2 Å². The van der Waals surface area contributed by atoms with Crippen LogP contribution in [-0.2, 0) is 0 Å². The van der Waals surface area contributed by atoms with Crippen LogP contribution in [0.4, 0.5) is 0 Å². The first-order valence-electron chi connectivity index (χ1n) is 7.14. The van der Waals surface area contributed by atoms with Crippen LogP contribution in [-0.4, -0.2) is 28.4 Å². The van der Waals surface area contributed by atoms with E-state index in [0.29, 0.717) is 23.0 Å². The van der Waals surface area contributed by atoms with Gasteiger partial charge in [0.2, 0.25) is 0 Å². The summed E-state index contributed by atoms with van der Waals surface area (Å²) in [6, 6.07) is 7.83. The molecule has 24 heavy (non-hydrogen) atoms. The Bertz CT molecular complexity index is 789. The Morgan fingerprint density at radius 2 is 0.708 bits per heavy atom. The van der Waals surface area contributed by atoms with Gasteiger partial charge in [0.1, 0.15) is 0 Å². The highest BCUT2D eigenvalue weighted by molar-refractivity contribution is 9.11. The zero-order chi connectivity index (χ0) is 17.4. The normalized spacial score (nSPS) is 10.9. The number of halogens is 2. The Balaban J connectivity index is 2.48. The quantitative estimate of drug-likeness (QED) is 0.483. The molecule has 0 N–H and O–H groups in total. The number of benzene rings is 3. The molecule has 3 aromatic rings. The molecule has 0 aromatic heterocycles. The van der Waals surface area contributed by atoms with Gasteiger partial charge in [-0.25, -0.2) is 0 Å². The average Bonchev–Trinajstić information content (AvgIpc) is 2.63. The standard InChI is InChI=1S/C18H16Br2O4/c1-21-13-5-9-10(6-14(13)22-2)18(20)12-8-16(24-4)15(23-3)7-11(12)17(9)19/h5-8H,1-4H3. The number of methoxy groups -OCH3 is 4. The van der Waals surface area contributed by atoms with Crippen LogP contribution in [0.25, 0.3) is 21.5 Å². The van der Waals surface area contributed by atoms with E-state index in [0.717, 1.165) is 30.5 Å². The topological polar surface area (TPSA) is 36.9 Å². The van der Waals surface area contributed by atoms with Crippen LogP contribution in [0.2, 0.25) is 0 Å². The Kier molecular flexibility index (Phi) is 4.78. The van der Waals surface area contributed by atoms with E-state index in [1.54, 1.807) is 28.4 Å². The van der Waals surface area contributed by atoms with Gasteiger partial charge >= 0.3 is 0 Å². The summed E-state index contributed by atoms with van der Waals surface area (Å²) in [4.78, 5) is 0. The smallest absolute Gasteiger partial charge is 0.161 e. The SMILES string of the molecule is COc1cc2c(Br)c3cc(OC)c(OC)cc3c(Br)c2cc1OC. The van der Waals surface area contributed by atoms with Crippen LogP contribution in [0.5, 0.6) is 23.0 Å². The van der Waals surface area contributed by atoms with Crippen molar-refractivity contribution < 1.29 is 18.9 Å². The van der Waals surface area contributed by atoms with E-state index in [1.165, 1.54) is 0 Å². The third-order valence-electron chi connectivity index (χ3n) is 3.99. The monoisotopic (exact) mass is 454 g/mol. The molecule has 0 spiro atoms. The molecule has 0 radical (unpaired) electrons. The van der Waals surface area contributed by atoms with Gasteiger partial charge in [-0.2, -0.15) is 0 Å². The molecule has 0 unspecified atom stereocenters. The third kappa shape index (κ3) is 2.58. The van der Waals surface area contributed by atoms with E-state index >= 15 is 0 Å². The maximum Gasteiger partial charge on any atom is 0.161 e. The molecule has 3 rings (SSSR count). The lowest BCUT2D eigenvalue weighted by molar-refractivity contribution is 0.355. The number of hydrogen-bond acceptors (Lipinski definition) is 4. The number of rotatable bonds is 4. The van der Waals surface area contributed by atoms with Gasteiger partial charge in [-0.3, -0.25) is 0 Å². The first-order chi connectivity index (χ1) is 11.5. The number of fused-ring (bicyclic) bond motifs is 2. The van der Waals surface area contributed by atoms with E-state index in [-0.39, 0.29) is 0 Å². The molecule has 4 nitrogen and oxygen atoms in total. The summed E-state index contributed by atoms with van der Waals surface area (Å²) in [5, 5.41) is 4.05. The molecule has 6 heteroatoms. The minimum atomic E-state index is 0.678. The van der Waals surface area contributed by atoms with Gasteiger partial charge in [0.15, 0.2) is 23.0 Å². The van der Waals surface area contributed by atoms with Crippen LogP contribution < -0.4 is 18.9 Å². The van der Waals surface area contributed by atoms with E-state index < -0.39 is 0 Å². The van der Waals surface area contributed by atoms with Crippen molar-refractivity contribution in [1.82, 2.24) is 0 Å². The van der Waals surface area contributed by atoms with E-state index in [1.807, 2.05) is 24.3 Å². The second-order valence-corrected chi connectivity index (χ2v) is 6.72. The fourth-order valence-electron chi connectivity index (χ4n) is 2.77. The van der Waals surface area contributed by atoms with Crippen molar-refractivity contribution in [2.75, 3.05) is 28.4 Å².